The van der Waals surface area contributed by atoms with Gasteiger partial charge in [0.05, 0.1) is 5.03 Å². The van der Waals surface area contributed by atoms with Crippen molar-refractivity contribution in [1.29, 1.82) is 0 Å². The summed E-state index contributed by atoms with van der Waals surface area (Å²) in [6.07, 6.45) is 3.84. The van der Waals surface area contributed by atoms with Crippen molar-refractivity contribution in [2.24, 2.45) is 0 Å². The van der Waals surface area contributed by atoms with E-state index >= 15 is 0 Å². The first-order chi connectivity index (χ1) is 4.61. The molecule has 2 heteroatoms. The quantitative estimate of drug-likeness (QED) is 0.520. The van der Waals surface area contributed by atoms with E-state index in [-0.39, 0.29) is 0 Å². The molecule has 0 spiro atoms. The van der Waals surface area contributed by atoms with Gasteiger partial charge in [-0.3, -0.25) is 0 Å². The molecule has 0 aromatic carbocycles. The van der Waals surface area contributed by atoms with E-state index in [9.17, 15) is 0 Å². The second-order valence-electron chi connectivity index (χ2n) is 2.43. The lowest BCUT2D eigenvalue weighted by molar-refractivity contribution is 0.611. The Bertz CT molecular complexity index is 203. The van der Waals surface area contributed by atoms with Crippen molar-refractivity contribution in [1.82, 2.24) is 4.90 Å². The fourth-order valence-corrected chi connectivity index (χ4v) is 1.17. The van der Waals surface area contributed by atoms with E-state index in [0.29, 0.717) is 0 Å². The minimum atomic E-state index is 0.725. The maximum atomic E-state index is 5.84. The smallest absolute Gasteiger partial charge is 0.0637 e. The molecule has 0 saturated heterocycles. The van der Waals surface area contributed by atoms with E-state index in [1.54, 1.807) is 0 Å². The minimum Gasteiger partial charge on any atom is -0.355 e. The number of allylic oxidation sites excluding steroid dienone is 3. The first-order valence-corrected chi connectivity index (χ1v) is 3.46. The third-order valence-corrected chi connectivity index (χ3v) is 1.80. The van der Waals surface area contributed by atoms with Crippen molar-refractivity contribution >= 4 is 11.6 Å². The number of hydrogen-bond acceptors (Lipinski definition) is 1. The van der Waals surface area contributed by atoms with Gasteiger partial charge in [-0.25, -0.2) is 0 Å². The molecule has 1 aliphatic heterocycles. The molecule has 1 nitrogen and oxygen atoms in total. The Morgan fingerprint density at radius 2 is 2.10 bits per heavy atom. The summed E-state index contributed by atoms with van der Waals surface area (Å²) in [5.41, 5.74) is 2.04. The molecule has 1 aliphatic rings. The molecule has 0 aromatic heterocycles. The third kappa shape index (κ3) is 1.24. The zero-order chi connectivity index (χ0) is 7.72. The van der Waals surface area contributed by atoms with Crippen molar-refractivity contribution in [3.05, 3.63) is 35.2 Å². The lowest BCUT2D eigenvalue weighted by Crippen LogP contribution is -2.08. The number of hydrogen-bond donors (Lipinski definition) is 0. The van der Waals surface area contributed by atoms with Gasteiger partial charge < -0.3 is 4.90 Å². The number of nitrogens with zero attached hydrogens (tertiary/aromatic N) is 1. The van der Waals surface area contributed by atoms with E-state index in [1.165, 1.54) is 0 Å². The molecule has 1 heterocycles. The van der Waals surface area contributed by atoms with E-state index in [4.69, 9.17) is 11.6 Å². The van der Waals surface area contributed by atoms with Gasteiger partial charge >= 0.3 is 0 Å². The van der Waals surface area contributed by atoms with Crippen LogP contribution in [0.15, 0.2) is 35.2 Å². The minimum absolute atomic E-state index is 0.725. The highest BCUT2D eigenvalue weighted by Gasteiger charge is 2.07. The first kappa shape index (κ1) is 7.42. The highest BCUT2D eigenvalue weighted by Crippen LogP contribution is 2.24. The van der Waals surface area contributed by atoms with Crippen LogP contribution in [-0.4, -0.2) is 11.9 Å². The van der Waals surface area contributed by atoms with Gasteiger partial charge in [-0.1, -0.05) is 18.2 Å². The molecule has 0 saturated carbocycles. The largest absolute Gasteiger partial charge is 0.355 e. The Balaban J connectivity index is 2.94. The highest BCUT2D eigenvalue weighted by molar-refractivity contribution is 6.32. The molecule has 0 atom stereocenters. The lowest BCUT2D eigenvalue weighted by Gasteiger charge is -2.18. The average Bonchev–Trinajstić information content (AvgIpc) is 1.82. The van der Waals surface area contributed by atoms with Gasteiger partial charge in [0.2, 0.25) is 0 Å². The second kappa shape index (κ2) is 2.51. The molecule has 0 aliphatic carbocycles. The predicted octanol–water partition coefficient (Wildman–Crippen LogP) is 2.47. The Morgan fingerprint density at radius 3 is 2.60 bits per heavy atom. The van der Waals surface area contributed by atoms with E-state index in [2.05, 4.69) is 6.58 Å². The van der Waals surface area contributed by atoms with Crippen molar-refractivity contribution in [2.75, 3.05) is 7.05 Å². The maximum Gasteiger partial charge on any atom is 0.0637 e. The summed E-state index contributed by atoms with van der Waals surface area (Å²) in [5.74, 6) is 0. The molecule has 10 heavy (non-hydrogen) atoms. The summed E-state index contributed by atoms with van der Waals surface area (Å²) in [7, 11) is 1.94. The Labute approximate surface area is 66.3 Å². The molecule has 0 radical (unpaired) electrons. The average molecular weight is 156 g/mol. The molecule has 1 rings (SSSR count). The zero-order valence-electron chi connectivity index (χ0n) is 6.19. The van der Waals surface area contributed by atoms with Crippen LogP contribution >= 0.6 is 11.6 Å². The van der Waals surface area contributed by atoms with Crippen LogP contribution < -0.4 is 0 Å². The van der Waals surface area contributed by atoms with Crippen molar-refractivity contribution in [2.45, 2.75) is 6.92 Å². The number of rotatable bonds is 0. The van der Waals surface area contributed by atoms with Gasteiger partial charge in [0.1, 0.15) is 0 Å². The van der Waals surface area contributed by atoms with Crippen LogP contribution in [0.3, 0.4) is 0 Å². The summed E-state index contributed by atoms with van der Waals surface area (Å²) < 4.78 is 0. The normalized spacial score (nSPS) is 18.7. The molecule has 0 amide bonds. The predicted molar refractivity (Wildman–Crippen MR) is 44.6 cm³/mol. The number of halogens is 1. The molecule has 0 unspecified atom stereocenters. The maximum absolute atomic E-state index is 5.84. The SMILES string of the molecule is C=C1C(C)=CN(C)C=C1Cl. The fraction of sp³-hybridized carbons (Fsp3) is 0.250. The Hall–Kier alpha value is -0.690. The molecular formula is C8H10ClN. The zero-order valence-corrected chi connectivity index (χ0v) is 6.94. The lowest BCUT2D eigenvalue weighted by atomic mass is 10.1. The standard InChI is InChI=1S/C8H10ClN/c1-6-4-10(3)5-8(9)7(6)2/h4-5H,2H2,1,3H3. The van der Waals surface area contributed by atoms with Crippen LogP contribution in [0.2, 0.25) is 0 Å². The Kier molecular flexibility index (Phi) is 1.86. The van der Waals surface area contributed by atoms with Crippen LogP contribution in [0.25, 0.3) is 0 Å². The molecule has 54 valence electrons. The summed E-state index contributed by atoms with van der Waals surface area (Å²) in [6, 6.07) is 0. The van der Waals surface area contributed by atoms with Gasteiger partial charge in [0.15, 0.2) is 0 Å². The molecule has 0 N–H and O–H groups in total. The second-order valence-corrected chi connectivity index (χ2v) is 2.84. The molecular weight excluding hydrogens is 146 g/mol. The summed E-state index contributed by atoms with van der Waals surface area (Å²) in [6.45, 7) is 5.81. The summed E-state index contributed by atoms with van der Waals surface area (Å²) in [4.78, 5) is 1.92. The van der Waals surface area contributed by atoms with Gasteiger partial charge in [-0.15, -0.1) is 0 Å². The Morgan fingerprint density at radius 1 is 1.50 bits per heavy atom. The van der Waals surface area contributed by atoms with Crippen LogP contribution in [0, 0.1) is 0 Å². The fourth-order valence-electron chi connectivity index (χ4n) is 0.866. The third-order valence-electron chi connectivity index (χ3n) is 1.48. The van der Waals surface area contributed by atoms with Crippen molar-refractivity contribution in [3.63, 3.8) is 0 Å². The van der Waals surface area contributed by atoms with Crippen molar-refractivity contribution < 1.29 is 0 Å². The van der Waals surface area contributed by atoms with Crippen LogP contribution in [0.4, 0.5) is 0 Å². The topological polar surface area (TPSA) is 3.24 Å². The van der Waals surface area contributed by atoms with Crippen LogP contribution in [-0.2, 0) is 0 Å². The summed E-state index contributed by atoms with van der Waals surface area (Å²) >= 11 is 5.84. The highest BCUT2D eigenvalue weighted by atomic mass is 35.5. The first-order valence-electron chi connectivity index (χ1n) is 3.08. The molecule has 0 bridgehead atoms. The van der Waals surface area contributed by atoms with Crippen molar-refractivity contribution in [3.8, 4) is 0 Å². The van der Waals surface area contributed by atoms with E-state index < -0.39 is 0 Å². The van der Waals surface area contributed by atoms with Gasteiger partial charge in [-0.05, 0) is 18.1 Å². The monoisotopic (exact) mass is 155 g/mol. The van der Waals surface area contributed by atoms with E-state index in [0.717, 1.165) is 16.2 Å². The molecule has 0 aromatic rings. The van der Waals surface area contributed by atoms with Gasteiger partial charge in [0.25, 0.3) is 0 Å². The summed E-state index contributed by atoms with van der Waals surface area (Å²) in [5, 5.41) is 0.725. The van der Waals surface area contributed by atoms with Crippen LogP contribution in [0.5, 0.6) is 0 Å². The van der Waals surface area contributed by atoms with Crippen LogP contribution in [0.1, 0.15) is 6.92 Å². The molecule has 0 fully saturated rings. The van der Waals surface area contributed by atoms with E-state index in [1.807, 2.05) is 31.3 Å². The van der Waals surface area contributed by atoms with Gasteiger partial charge in [-0.2, -0.15) is 0 Å². The van der Waals surface area contributed by atoms with Gasteiger partial charge in [0, 0.05) is 19.4 Å².